The largest absolute Gasteiger partial charge is 0.543 e. The molecule has 0 saturated carbocycles. The van der Waals surface area contributed by atoms with Gasteiger partial charge in [0.1, 0.15) is 0 Å². The maximum absolute atomic E-state index is 2.23. The Morgan fingerprint density at radius 1 is 1.50 bits per heavy atom. The molecule has 1 heteroatoms. The number of hydrogen-bond acceptors (Lipinski definition) is 0. The van der Waals surface area contributed by atoms with Crippen molar-refractivity contribution in [2.24, 2.45) is 0 Å². The smallest absolute Gasteiger partial charge is 0.0584 e. The molecule has 0 aliphatic heterocycles. The fourth-order valence-corrected chi connectivity index (χ4v) is 0.949. The minimum atomic E-state index is 1.35. The average molecular weight is 103 g/mol. The van der Waals surface area contributed by atoms with Crippen molar-refractivity contribution in [1.82, 2.24) is 0 Å². The van der Waals surface area contributed by atoms with E-state index in [2.05, 4.69) is 13.6 Å². The summed E-state index contributed by atoms with van der Waals surface area (Å²) in [6, 6.07) is 0. The molecule has 6 heavy (non-hydrogen) atoms. The molecule has 0 radical (unpaired) electrons. The minimum Gasteiger partial charge on any atom is -0.543 e. The Labute approximate surface area is 42.1 Å². The second kappa shape index (κ2) is 5.43. The van der Waals surface area contributed by atoms with Gasteiger partial charge in [-0.05, 0) is 0 Å². The third kappa shape index (κ3) is 4.43. The highest BCUT2D eigenvalue weighted by atomic mass is 31.1. The van der Waals surface area contributed by atoms with Crippen molar-refractivity contribution < 1.29 is 0 Å². The zero-order valence-electron chi connectivity index (χ0n) is 4.57. The van der Waals surface area contributed by atoms with Crippen LogP contribution in [0.4, 0.5) is 0 Å². The lowest BCUT2D eigenvalue weighted by atomic mass is 10.4. The van der Waals surface area contributed by atoms with Crippen molar-refractivity contribution in [3.05, 3.63) is 0 Å². The van der Waals surface area contributed by atoms with E-state index in [1.165, 1.54) is 19.0 Å². The van der Waals surface area contributed by atoms with Gasteiger partial charge in [0, 0.05) is 0 Å². The van der Waals surface area contributed by atoms with Crippen LogP contribution in [0.2, 0.25) is 0 Å². The van der Waals surface area contributed by atoms with Crippen LogP contribution in [0.3, 0.4) is 0 Å². The normalized spacial score (nSPS) is 11.0. The maximum Gasteiger partial charge on any atom is -0.0584 e. The molecular weight excluding hydrogens is 91.0 g/mol. The summed E-state index contributed by atoms with van der Waals surface area (Å²) in [6.45, 7) is 4.43. The van der Waals surface area contributed by atoms with Gasteiger partial charge in [0.15, 0.2) is 0 Å². The maximum atomic E-state index is 2.23. The molecule has 0 rings (SSSR count). The van der Waals surface area contributed by atoms with E-state index in [1.54, 1.807) is 8.58 Å². The second-order valence-corrected chi connectivity index (χ2v) is 2.47. The quantitative estimate of drug-likeness (QED) is 0.380. The fourth-order valence-electron chi connectivity index (χ4n) is 0.316. The molecule has 0 fully saturated rings. The van der Waals surface area contributed by atoms with Gasteiger partial charge in [0.2, 0.25) is 0 Å². The molecule has 0 aliphatic carbocycles. The summed E-state index contributed by atoms with van der Waals surface area (Å²) in [5.74, 6) is 0. The van der Waals surface area contributed by atoms with Crippen LogP contribution in [0.15, 0.2) is 0 Å². The third-order valence-electron chi connectivity index (χ3n) is 0.735. The van der Waals surface area contributed by atoms with Crippen LogP contribution in [0, 0.1) is 0 Å². The van der Waals surface area contributed by atoms with Crippen molar-refractivity contribution in [3.8, 4) is 0 Å². The van der Waals surface area contributed by atoms with Gasteiger partial charge in [-0.3, -0.25) is 0 Å². The molecule has 0 unspecified atom stereocenters. The first-order valence-corrected chi connectivity index (χ1v) is 4.00. The summed E-state index contributed by atoms with van der Waals surface area (Å²) in [5, 5.41) is 0. The van der Waals surface area contributed by atoms with Gasteiger partial charge in [-0.25, -0.2) is 0 Å². The average Bonchev–Trinajstić information content (AvgIpc) is 1.61. The monoisotopic (exact) mass is 103 g/mol. The molecule has 38 valence electrons. The van der Waals surface area contributed by atoms with E-state index < -0.39 is 0 Å². The van der Waals surface area contributed by atoms with Crippen LogP contribution in [-0.2, 0) is 0 Å². The van der Waals surface area contributed by atoms with Crippen LogP contribution < -0.4 is 0 Å². The van der Waals surface area contributed by atoms with Gasteiger partial charge in [0.25, 0.3) is 0 Å². The zero-order valence-corrected chi connectivity index (χ0v) is 5.46. The number of hydrogen-bond donors (Lipinski definition) is 0. The Kier molecular flexibility index (Phi) is 5.82. The first kappa shape index (κ1) is 6.43. The van der Waals surface area contributed by atoms with E-state index >= 15 is 0 Å². The molecule has 0 heterocycles. The van der Waals surface area contributed by atoms with Crippen molar-refractivity contribution in [2.75, 3.05) is 12.8 Å². The molecule has 0 aromatic carbocycles. The number of unbranched alkanes of at least 4 members (excludes halogenated alkanes) is 1. The van der Waals surface area contributed by atoms with Crippen LogP contribution in [0.25, 0.3) is 0 Å². The lowest BCUT2D eigenvalue weighted by Crippen LogP contribution is -1.69. The van der Waals surface area contributed by atoms with Crippen molar-refractivity contribution in [3.63, 3.8) is 0 Å². The summed E-state index contributed by atoms with van der Waals surface area (Å²) in [6.07, 6.45) is 4.13. The summed E-state index contributed by atoms with van der Waals surface area (Å²) in [5.41, 5.74) is 0. The molecule has 0 N–H and O–H groups in total. The van der Waals surface area contributed by atoms with E-state index in [0.29, 0.717) is 0 Å². The second-order valence-electron chi connectivity index (χ2n) is 1.39. The molecular formula is C5H12P-. The summed E-state index contributed by atoms with van der Waals surface area (Å²) >= 11 is 0. The first-order chi connectivity index (χ1) is 2.91. The van der Waals surface area contributed by atoms with Crippen LogP contribution in [-0.4, -0.2) is 12.8 Å². The van der Waals surface area contributed by atoms with Crippen LogP contribution >= 0.6 is 8.58 Å². The van der Waals surface area contributed by atoms with E-state index in [-0.39, 0.29) is 0 Å². The lowest BCUT2D eigenvalue weighted by Gasteiger charge is -2.03. The van der Waals surface area contributed by atoms with Crippen LogP contribution in [0.1, 0.15) is 19.8 Å². The Hall–Kier alpha value is 0.430. The fraction of sp³-hybridized carbons (Fsp3) is 1.00. The molecule has 0 bridgehead atoms. The van der Waals surface area contributed by atoms with Gasteiger partial charge < -0.3 is 8.58 Å². The highest BCUT2D eigenvalue weighted by molar-refractivity contribution is 7.36. The van der Waals surface area contributed by atoms with Gasteiger partial charge >= 0.3 is 0 Å². The lowest BCUT2D eigenvalue weighted by molar-refractivity contribution is 0.895. The molecule has 0 nitrogen and oxygen atoms in total. The number of rotatable bonds is 3. The predicted octanol–water partition coefficient (Wildman–Crippen LogP) is 2.36. The summed E-state index contributed by atoms with van der Waals surface area (Å²) < 4.78 is 0. The Morgan fingerprint density at radius 2 is 2.17 bits per heavy atom. The van der Waals surface area contributed by atoms with Gasteiger partial charge in [-0.15, -0.1) is 0 Å². The molecule has 0 aromatic heterocycles. The van der Waals surface area contributed by atoms with Crippen molar-refractivity contribution in [1.29, 1.82) is 0 Å². The first-order valence-electron chi connectivity index (χ1n) is 2.47. The van der Waals surface area contributed by atoms with Gasteiger partial charge in [-0.1, -0.05) is 19.8 Å². The highest BCUT2D eigenvalue weighted by Gasteiger charge is 1.64. The molecule has 0 amide bonds. The molecule has 0 aliphatic rings. The Morgan fingerprint density at radius 3 is 2.33 bits per heavy atom. The topological polar surface area (TPSA) is 0 Å². The highest BCUT2D eigenvalue weighted by Crippen LogP contribution is 2.04. The van der Waals surface area contributed by atoms with E-state index in [9.17, 15) is 0 Å². The Balaban J connectivity index is 2.34. The summed E-state index contributed by atoms with van der Waals surface area (Å²) in [7, 11) is 1.55. The zero-order chi connectivity index (χ0) is 4.83. The van der Waals surface area contributed by atoms with E-state index in [4.69, 9.17) is 0 Å². The molecule has 0 spiro atoms. The van der Waals surface area contributed by atoms with Crippen molar-refractivity contribution >= 4 is 8.58 Å². The van der Waals surface area contributed by atoms with Crippen molar-refractivity contribution in [2.45, 2.75) is 19.8 Å². The molecule has 0 aromatic rings. The van der Waals surface area contributed by atoms with Gasteiger partial charge in [-0.2, -0.15) is 12.8 Å². The summed E-state index contributed by atoms with van der Waals surface area (Å²) in [4.78, 5) is 0. The SMILES string of the molecule is CCCC[P-]C. The van der Waals surface area contributed by atoms with Gasteiger partial charge in [0.05, 0.1) is 0 Å². The Bertz CT molecular complexity index is 15.9. The minimum absolute atomic E-state index is 1.35. The molecule has 0 saturated heterocycles. The molecule has 0 atom stereocenters. The third-order valence-corrected chi connectivity index (χ3v) is 1.50. The van der Waals surface area contributed by atoms with E-state index in [1.807, 2.05) is 0 Å². The van der Waals surface area contributed by atoms with E-state index in [0.717, 1.165) is 0 Å². The standard InChI is InChI=1S/C5H12P/c1-3-4-5-6-2/h3-5H2,1-2H3/q-1. The van der Waals surface area contributed by atoms with Crippen LogP contribution in [0.5, 0.6) is 0 Å². The predicted molar refractivity (Wildman–Crippen MR) is 32.6 cm³/mol.